The number of halogens is 1. The molecule has 0 aromatic heterocycles. The Morgan fingerprint density at radius 3 is 2.83 bits per heavy atom. The molecule has 0 aliphatic heterocycles. The van der Waals surface area contributed by atoms with E-state index in [0.717, 1.165) is 12.0 Å². The highest BCUT2D eigenvalue weighted by molar-refractivity contribution is 6.32. The van der Waals surface area contributed by atoms with Gasteiger partial charge < -0.3 is 15.2 Å². The third-order valence-corrected chi connectivity index (χ3v) is 2.80. The number of hydrogen-bond donors (Lipinski definition) is 2. The van der Waals surface area contributed by atoms with Crippen LogP contribution in [0.5, 0.6) is 5.75 Å². The topological polar surface area (TPSA) is 58.6 Å². The summed E-state index contributed by atoms with van der Waals surface area (Å²) in [6, 6.07) is 5.38. The molecule has 100 valence electrons. The van der Waals surface area contributed by atoms with Crippen LogP contribution in [0.2, 0.25) is 5.02 Å². The SMILES string of the molecule is CCCC(Oc1c(Cl)cccc1CNC)C(=O)O. The molecule has 1 rings (SSSR count). The molecule has 1 aromatic carbocycles. The minimum absolute atomic E-state index is 0.435. The Hall–Kier alpha value is -1.26. The van der Waals surface area contributed by atoms with Crippen molar-refractivity contribution in [2.45, 2.75) is 32.4 Å². The summed E-state index contributed by atoms with van der Waals surface area (Å²) < 4.78 is 5.56. The highest BCUT2D eigenvalue weighted by Gasteiger charge is 2.21. The van der Waals surface area contributed by atoms with Crippen molar-refractivity contribution in [3.63, 3.8) is 0 Å². The maximum absolute atomic E-state index is 11.1. The second kappa shape index (κ2) is 7.24. The van der Waals surface area contributed by atoms with Gasteiger partial charge in [0.25, 0.3) is 0 Å². The van der Waals surface area contributed by atoms with Crippen LogP contribution in [0.15, 0.2) is 18.2 Å². The van der Waals surface area contributed by atoms with Gasteiger partial charge in [0.2, 0.25) is 0 Å². The molecule has 0 aliphatic carbocycles. The first kappa shape index (κ1) is 14.8. The summed E-state index contributed by atoms with van der Waals surface area (Å²) in [5, 5.41) is 12.5. The predicted molar refractivity (Wildman–Crippen MR) is 71.2 cm³/mol. The van der Waals surface area contributed by atoms with Crippen molar-refractivity contribution in [3.05, 3.63) is 28.8 Å². The molecular formula is C13H18ClNO3. The monoisotopic (exact) mass is 271 g/mol. The summed E-state index contributed by atoms with van der Waals surface area (Å²) in [6.07, 6.45) is 0.341. The molecule has 1 atom stereocenters. The Balaban J connectivity index is 2.96. The maximum Gasteiger partial charge on any atom is 0.344 e. The lowest BCUT2D eigenvalue weighted by atomic mass is 10.1. The van der Waals surface area contributed by atoms with Crippen molar-refractivity contribution in [1.82, 2.24) is 5.32 Å². The van der Waals surface area contributed by atoms with Crippen molar-refractivity contribution in [1.29, 1.82) is 0 Å². The lowest BCUT2D eigenvalue weighted by molar-refractivity contribution is -0.145. The molecule has 0 amide bonds. The van der Waals surface area contributed by atoms with Crippen molar-refractivity contribution in [2.24, 2.45) is 0 Å². The lowest BCUT2D eigenvalue weighted by Crippen LogP contribution is -2.27. The number of nitrogens with one attached hydrogen (secondary N) is 1. The smallest absolute Gasteiger partial charge is 0.344 e. The Labute approximate surface area is 112 Å². The van der Waals surface area contributed by atoms with Crippen molar-refractivity contribution >= 4 is 17.6 Å². The average Bonchev–Trinajstić information content (AvgIpc) is 2.32. The third kappa shape index (κ3) is 3.89. The van der Waals surface area contributed by atoms with Crippen LogP contribution >= 0.6 is 11.6 Å². The minimum atomic E-state index is -0.966. The number of carboxylic acids is 1. The zero-order valence-corrected chi connectivity index (χ0v) is 11.3. The summed E-state index contributed by atoms with van der Waals surface area (Å²) in [5.74, 6) is -0.512. The molecule has 18 heavy (non-hydrogen) atoms. The van der Waals surface area contributed by atoms with Crippen LogP contribution in [-0.2, 0) is 11.3 Å². The van der Waals surface area contributed by atoms with Gasteiger partial charge in [0.15, 0.2) is 6.10 Å². The third-order valence-electron chi connectivity index (χ3n) is 2.50. The zero-order chi connectivity index (χ0) is 13.5. The van der Waals surface area contributed by atoms with Gasteiger partial charge in [0, 0.05) is 12.1 Å². The fraction of sp³-hybridized carbons (Fsp3) is 0.462. The lowest BCUT2D eigenvalue weighted by Gasteiger charge is -2.18. The molecule has 0 fully saturated rings. The van der Waals surface area contributed by atoms with Gasteiger partial charge in [0.1, 0.15) is 5.75 Å². The van der Waals surface area contributed by atoms with Gasteiger partial charge in [-0.2, -0.15) is 0 Å². The molecule has 0 heterocycles. The Kier molecular flexibility index (Phi) is 5.95. The van der Waals surface area contributed by atoms with Crippen molar-refractivity contribution < 1.29 is 14.6 Å². The highest BCUT2D eigenvalue weighted by atomic mass is 35.5. The van der Waals surface area contributed by atoms with Crippen LogP contribution in [0, 0.1) is 0 Å². The largest absolute Gasteiger partial charge is 0.479 e. The van der Waals surface area contributed by atoms with Crippen molar-refractivity contribution in [2.75, 3.05) is 7.05 Å². The standard InChI is InChI=1S/C13H18ClNO3/c1-3-5-11(13(16)17)18-12-9(8-15-2)6-4-7-10(12)14/h4,6-7,11,15H,3,5,8H2,1-2H3,(H,16,17). The number of carbonyl (C=O) groups is 1. The second-order valence-corrected chi connectivity index (χ2v) is 4.40. The molecule has 1 aromatic rings. The fourth-order valence-corrected chi connectivity index (χ4v) is 1.89. The predicted octanol–water partition coefficient (Wildman–Crippen LogP) is 2.69. The molecule has 0 bridgehead atoms. The van der Waals surface area contributed by atoms with E-state index in [2.05, 4.69) is 5.32 Å². The van der Waals surface area contributed by atoms with E-state index < -0.39 is 12.1 Å². The number of hydrogen-bond acceptors (Lipinski definition) is 3. The van der Waals surface area contributed by atoms with Gasteiger partial charge in [-0.25, -0.2) is 4.79 Å². The van der Waals surface area contributed by atoms with E-state index in [1.54, 1.807) is 6.07 Å². The highest BCUT2D eigenvalue weighted by Crippen LogP contribution is 2.30. The quantitative estimate of drug-likeness (QED) is 0.801. The summed E-state index contributed by atoms with van der Waals surface area (Å²) >= 11 is 6.07. The van der Waals surface area contributed by atoms with Gasteiger partial charge in [-0.1, -0.05) is 37.1 Å². The van der Waals surface area contributed by atoms with Gasteiger partial charge in [0.05, 0.1) is 5.02 Å². The number of ether oxygens (including phenoxy) is 1. The first-order chi connectivity index (χ1) is 8.60. The van der Waals surface area contributed by atoms with Crippen LogP contribution in [0.25, 0.3) is 0 Å². The van der Waals surface area contributed by atoms with E-state index in [-0.39, 0.29) is 0 Å². The number of para-hydroxylation sites is 1. The Bertz CT molecular complexity index is 409. The van der Waals surface area contributed by atoms with Crippen molar-refractivity contribution in [3.8, 4) is 5.75 Å². The first-order valence-electron chi connectivity index (χ1n) is 5.91. The fourth-order valence-electron chi connectivity index (χ4n) is 1.65. The maximum atomic E-state index is 11.1. The summed E-state index contributed by atoms with van der Waals surface area (Å²) in [7, 11) is 1.81. The number of rotatable bonds is 7. The number of carboxylic acid groups (broad SMARTS) is 1. The molecular weight excluding hydrogens is 254 g/mol. The molecule has 0 saturated carbocycles. The average molecular weight is 272 g/mol. The van der Waals surface area contributed by atoms with Gasteiger partial charge in [-0.15, -0.1) is 0 Å². The van der Waals surface area contributed by atoms with E-state index in [4.69, 9.17) is 21.4 Å². The summed E-state index contributed by atoms with van der Waals surface area (Å²) in [4.78, 5) is 11.1. The molecule has 0 radical (unpaired) electrons. The number of benzene rings is 1. The normalized spacial score (nSPS) is 12.2. The zero-order valence-electron chi connectivity index (χ0n) is 10.6. The first-order valence-corrected chi connectivity index (χ1v) is 6.29. The minimum Gasteiger partial charge on any atom is -0.479 e. The number of aliphatic carboxylic acids is 1. The summed E-state index contributed by atoms with van der Waals surface area (Å²) in [6.45, 7) is 2.49. The second-order valence-electron chi connectivity index (χ2n) is 3.99. The molecule has 2 N–H and O–H groups in total. The van der Waals surface area contributed by atoms with Gasteiger partial charge in [-0.3, -0.25) is 0 Å². The molecule has 0 aliphatic rings. The molecule has 4 nitrogen and oxygen atoms in total. The molecule has 0 saturated heterocycles. The van der Waals surface area contributed by atoms with Crippen LogP contribution < -0.4 is 10.1 Å². The van der Waals surface area contributed by atoms with E-state index in [9.17, 15) is 4.79 Å². The van der Waals surface area contributed by atoms with E-state index >= 15 is 0 Å². The Morgan fingerprint density at radius 2 is 2.28 bits per heavy atom. The van der Waals surface area contributed by atoms with E-state index in [1.165, 1.54) is 0 Å². The van der Waals surface area contributed by atoms with Crippen LogP contribution in [0.3, 0.4) is 0 Å². The molecule has 1 unspecified atom stereocenters. The molecule has 5 heteroatoms. The van der Waals surface area contributed by atoms with Crippen LogP contribution in [-0.4, -0.2) is 24.2 Å². The summed E-state index contributed by atoms with van der Waals surface area (Å²) in [5.41, 5.74) is 0.854. The van der Waals surface area contributed by atoms with Crippen LogP contribution in [0.1, 0.15) is 25.3 Å². The molecule has 0 spiro atoms. The Morgan fingerprint density at radius 1 is 1.56 bits per heavy atom. The van der Waals surface area contributed by atoms with E-state index in [1.807, 2.05) is 26.1 Å². The van der Waals surface area contributed by atoms with Gasteiger partial charge >= 0.3 is 5.97 Å². The van der Waals surface area contributed by atoms with Gasteiger partial charge in [-0.05, 0) is 19.5 Å². The van der Waals surface area contributed by atoms with Crippen LogP contribution in [0.4, 0.5) is 0 Å². The van der Waals surface area contributed by atoms with E-state index in [0.29, 0.717) is 23.7 Å².